The highest BCUT2D eigenvalue weighted by Gasteiger charge is 2.51. The van der Waals surface area contributed by atoms with Crippen molar-refractivity contribution >= 4 is 5.78 Å². The molecule has 0 unspecified atom stereocenters. The van der Waals surface area contributed by atoms with E-state index in [2.05, 4.69) is 15.3 Å². The normalized spacial score (nSPS) is 25.5. The molecule has 288 valence electrons. The largest absolute Gasteiger partial charge is 0.489 e. The fourth-order valence-corrected chi connectivity index (χ4v) is 6.55. The van der Waals surface area contributed by atoms with Crippen molar-refractivity contribution < 1.29 is 44.2 Å². The minimum Gasteiger partial charge on any atom is -0.489 e. The summed E-state index contributed by atoms with van der Waals surface area (Å²) in [6.45, 7) is 0.561. The van der Waals surface area contributed by atoms with Crippen LogP contribution in [0.25, 0.3) is 0 Å². The van der Waals surface area contributed by atoms with Gasteiger partial charge in [-0.15, -0.1) is 5.10 Å². The molecule has 5 aromatic rings. The standard InChI is InChI=1S/C38H40N6O11/c39-17-28-31(47)34(50)37(54-28)53-27(35-32(48)33(49)36(55-35)44-15-14-29(45)40-38(44)51)16-25-19-43(42-41-25)18-21-6-8-22(9-7-21)20-52-26-12-10-24(11-13-26)30(46)23-4-2-1-3-5-23/h1-15,19,27-28,31-37,47-50H,16-18,20,39H2,(H,40,45,51)/t27-,28+,31+,32-,33+,34+,35+,36+,37+/m0/s1. The summed E-state index contributed by atoms with van der Waals surface area (Å²) < 4.78 is 26.1. The number of hydrogen-bond donors (Lipinski definition) is 6. The average Bonchev–Trinajstić information content (AvgIpc) is 3.85. The Balaban J connectivity index is 0.995. The Morgan fingerprint density at radius 2 is 1.56 bits per heavy atom. The fourth-order valence-electron chi connectivity index (χ4n) is 6.55. The van der Waals surface area contributed by atoms with Crippen LogP contribution in [-0.4, -0.2) is 106 Å². The number of aromatic amines is 1. The molecule has 0 bridgehead atoms. The smallest absolute Gasteiger partial charge is 0.330 e. The second-order valence-corrected chi connectivity index (χ2v) is 13.4. The lowest BCUT2D eigenvalue weighted by molar-refractivity contribution is -0.220. The molecule has 3 aromatic carbocycles. The topological polar surface area (TPSA) is 246 Å². The number of carbonyl (C=O) groups excluding carboxylic acids is 1. The molecule has 9 atom stereocenters. The van der Waals surface area contributed by atoms with Crippen LogP contribution < -0.4 is 21.7 Å². The van der Waals surface area contributed by atoms with Crippen molar-refractivity contribution in [2.75, 3.05) is 6.54 Å². The Morgan fingerprint density at radius 1 is 0.855 bits per heavy atom. The summed E-state index contributed by atoms with van der Waals surface area (Å²) in [6.07, 6.45) is -9.45. The van der Waals surface area contributed by atoms with Gasteiger partial charge in [0.1, 0.15) is 49.0 Å². The first-order chi connectivity index (χ1) is 26.6. The maximum Gasteiger partial charge on any atom is 0.330 e. The van der Waals surface area contributed by atoms with Crippen LogP contribution in [0.2, 0.25) is 0 Å². The van der Waals surface area contributed by atoms with E-state index >= 15 is 0 Å². The van der Waals surface area contributed by atoms with Gasteiger partial charge in [0, 0.05) is 42.6 Å². The third-order valence-corrected chi connectivity index (χ3v) is 9.55. The molecule has 2 saturated heterocycles. The van der Waals surface area contributed by atoms with Crippen molar-refractivity contribution in [2.24, 2.45) is 5.73 Å². The van der Waals surface area contributed by atoms with Gasteiger partial charge in [0.25, 0.3) is 5.56 Å². The first kappa shape index (κ1) is 37.9. The van der Waals surface area contributed by atoms with Crippen LogP contribution in [0.1, 0.15) is 39.0 Å². The van der Waals surface area contributed by atoms with Gasteiger partial charge < -0.3 is 45.1 Å². The number of H-pyrrole nitrogens is 1. The zero-order chi connectivity index (χ0) is 38.6. The Bertz CT molecular complexity index is 2180. The van der Waals surface area contributed by atoms with E-state index in [-0.39, 0.29) is 18.7 Å². The Labute approximate surface area is 313 Å². The van der Waals surface area contributed by atoms with Crippen molar-refractivity contribution in [1.82, 2.24) is 24.5 Å². The monoisotopic (exact) mass is 756 g/mol. The zero-order valence-corrected chi connectivity index (χ0v) is 29.3. The highest BCUT2D eigenvalue weighted by Crippen LogP contribution is 2.34. The van der Waals surface area contributed by atoms with Crippen LogP contribution in [0.5, 0.6) is 5.75 Å². The molecule has 0 amide bonds. The van der Waals surface area contributed by atoms with Gasteiger partial charge in [-0.25, -0.2) is 9.48 Å². The summed E-state index contributed by atoms with van der Waals surface area (Å²) in [7, 11) is 0. The Kier molecular flexibility index (Phi) is 11.4. The van der Waals surface area contributed by atoms with Gasteiger partial charge in [0.15, 0.2) is 18.3 Å². The quantitative estimate of drug-likeness (QED) is 0.0793. The first-order valence-electron chi connectivity index (χ1n) is 17.6. The summed E-state index contributed by atoms with van der Waals surface area (Å²) >= 11 is 0. The number of hydrogen-bond acceptors (Lipinski definition) is 14. The number of nitrogens with two attached hydrogens (primary N) is 1. The zero-order valence-electron chi connectivity index (χ0n) is 29.3. The molecule has 2 aliphatic heterocycles. The van der Waals surface area contributed by atoms with E-state index in [9.17, 15) is 34.8 Å². The molecule has 7 N–H and O–H groups in total. The minimum atomic E-state index is -1.61. The summed E-state index contributed by atoms with van der Waals surface area (Å²) in [6, 6.07) is 24.8. The van der Waals surface area contributed by atoms with Gasteiger partial charge in [-0.1, -0.05) is 59.8 Å². The van der Waals surface area contributed by atoms with Crippen molar-refractivity contribution in [1.29, 1.82) is 0 Å². The number of aromatic nitrogens is 5. The van der Waals surface area contributed by atoms with E-state index in [4.69, 9.17) is 24.7 Å². The van der Waals surface area contributed by atoms with Crippen molar-refractivity contribution in [3.8, 4) is 5.75 Å². The number of ketones is 1. The third kappa shape index (κ3) is 8.49. The summed E-state index contributed by atoms with van der Waals surface area (Å²) in [5.74, 6) is 0.565. The maximum absolute atomic E-state index is 12.7. The van der Waals surface area contributed by atoms with E-state index in [1.165, 1.54) is 0 Å². The third-order valence-electron chi connectivity index (χ3n) is 9.55. The first-order valence-corrected chi connectivity index (χ1v) is 17.6. The van der Waals surface area contributed by atoms with Crippen LogP contribution in [0.15, 0.2) is 107 Å². The molecule has 17 nitrogen and oxygen atoms in total. The lowest BCUT2D eigenvalue weighted by atomic mass is 10.0. The molecule has 0 spiro atoms. The summed E-state index contributed by atoms with van der Waals surface area (Å²) in [5, 5.41) is 51.5. The number of carbonyl (C=O) groups is 1. The van der Waals surface area contributed by atoms with Crippen LogP contribution in [0.3, 0.4) is 0 Å². The van der Waals surface area contributed by atoms with E-state index in [0.717, 1.165) is 28.0 Å². The molecule has 0 saturated carbocycles. The molecule has 17 heteroatoms. The highest BCUT2D eigenvalue weighted by atomic mass is 16.7. The van der Waals surface area contributed by atoms with Gasteiger partial charge >= 0.3 is 5.69 Å². The average molecular weight is 757 g/mol. The molecule has 4 heterocycles. The van der Waals surface area contributed by atoms with Gasteiger partial charge in [-0.05, 0) is 35.4 Å². The second kappa shape index (κ2) is 16.6. The van der Waals surface area contributed by atoms with Crippen molar-refractivity contribution in [3.05, 3.63) is 146 Å². The molecule has 2 aromatic heterocycles. The summed E-state index contributed by atoms with van der Waals surface area (Å²) in [5.41, 5.74) is 7.57. The van der Waals surface area contributed by atoms with Crippen LogP contribution in [0.4, 0.5) is 0 Å². The number of nitrogens with one attached hydrogen (secondary N) is 1. The lowest BCUT2D eigenvalue weighted by Gasteiger charge is -2.29. The SMILES string of the molecule is NC[C@H]1O[C@@H](O[C@@H](Cc2cn(Cc3ccc(COc4ccc(C(=O)c5ccccc5)cc4)cc3)nn2)[C@H]2O[C@@H](n3ccc(=O)[nH]c3=O)[C@H](O)[C@@H]2O)[C@H](O)[C@@H]1O. The lowest BCUT2D eigenvalue weighted by Crippen LogP contribution is -2.45. The van der Waals surface area contributed by atoms with Crippen molar-refractivity contribution in [2.45, 2.75) is 74.8 Å². The van der Waals surface area contributed by atoms with Crippen LogP contribution in [-0.2, 0) is 33.8 Å². The van der Waals surface area contributed by atoms with E-state index in [1.807, 2.05) is 42.5 Å². The molecule has 0 aliphatic carbocycles. The molecule has 2 aliphatic rings. The van der Waals surface area contributed by atoms with Gasteiger partial charge in [0.05, 0.1) is 18.3 Å². The molecule has 55 heavy (non-hydrogen) atoms. The van der Waals surface area contributed by atoms with E-state index in [1.54, 1.807) is 47.3 Å². The molecule has 2 fully saturated rings. The van der Waals surface area contributed by atoms with E-state index < -0.39 is 66.5 Å². The van der Waals surface area contributed by atoms with Crippen molar-refractivity contribution in [3.63, 3.8) is 0 Å². The number of nitrogens with zero attached hydrogens (tertiary/aromatic N) is 4. The predicted molar refractivity (Wildman–Crippen MR) is 192 cm³/mol. The van der Waals surface area contributed by atoms with Gasteiger partial charge in [-0.3, -0.25) is 19.1 Å². The predicted octanol–water partition coefficient (Wildman–Crippen LogP) is -0.361. The Hall–Kier alpha value is -5.37. The number of aliphatic hydroxyl groups excluding tert-OH is 4. The van der Waals surface area contributed by atoms with Gasteiger partial charge in [-0.2, -0.15) is 0 Å². The Morgan fingerprint density at radius 3 is 2.25 bits per heavy atom. The summed E-state index contributed by atoms with van der Waals surface area (Å²) in [4.78, 5) is 38.9. The number of rotatable bonds is 14. The number of benzene rings is 3. The number of ether oxygens (including phenoxy) is 4. The number of aliphatic hydroxyl groups is 4. The molecular formula is C38H40N6O11. The van der Waals surface area contributed by atoms with Crippen LogP contribution >= 0.6 is 0 Å². The van der Waals surface area contributed by atoms with Gasteiger partial charge in [0.2, 0.25) is 0 Å². The maximum atomic E-state index is 12.7. The minimum absolute atomic E-state index is 0.0602. The molecule has 0 radical (unpaired) electrons. The van der Waals surface area contributed by atoms with Crippen LogP contribution in [0, 0.1) is 0 Å². The molecule has 7 rings (SSSR count). The van der Waals surface area contributed by atoms with E-state index in [0.29, 0.717) is 35.7 Å². The molecular weight excluding hydrogens is 716 g/mol. The fraction of sp³-hybridized carbons (Fsp3) is 0.342. The second-order valence-electron chi connectivity index (χ2n) is 13.4. The highest BCUT2D eigenvalue weighted by molar-refractivity contribution is 6.08.